The predicted octanol–water partition coefficient (Wildman–Crippen LogP) is 4.38. The van der Waals surface area contributed by atoms with Crippen LogP contribution in [0.3, 0.4) is 0 Å². The Labute approximate surface area is 172 Å². The topological polar surface area (TPSA) is 90.7 Å². The van der Waals surface area contributed by atoms with E-state index < -0.39 is 18.0 Å². The van der Waals surface area contributed by atoms with E-state index in [4.69, 9.17) is 25.5 Å². The smallest absolute Gasteiger partial charge is 0.331 e. The summed E-state index contributed by atoms with van der Waals surface area (Å²) in [5.74, 6) is -0.534. The summed E-state index contributed by atoms with van der Waals surface area (Å²) < 4.78 is 15.8. The number of esters is 1. The first-order valence-corrected chi connectivity index (χ1v) is 9.14. The second-order valence-electron chi connectivity index (χ2n) is 6.22. The maximum Gasteiger partial charge on any atom is 0.331 e. The number of amides is 1. The van der Waals surface area contributed by atoms with Gasteiger partial charge >= 0.3 is 5.97 Å². The lowest BCUT2D eigenvalue weighted by Gasteiger charge is -2.15. The lowest BCUT2D eigenvalue weighted by molar-refractivity contribution is -0.148. The van der Waals surface area contributed by atoms with Gasteiger partial charge in [-0.05, 0) is 37.6 Å². The fraction of sp³-hybridized carbons (Fsp3) is 0.190. The van der Waals surface area contributed by atoms with Crippen molar-refractivity contribution in [1.82, 2.24) is 4.98 Å². The minimum atomic E-state index is -1.03. The summed E-state index contributed by atoms with van der Waals surface area (Å²) in [5.41, 5.74) is 2.50. The number of nitrogens with zero attached hydrogens (tertiary/aromatic N) is 1. The molecule has 0 spiro atoms. The molecule has 0 aliphatic carbocycles. The monoisotopic (exact) mass is 414 g/mol. The van der Waals surface area contributed by atoms with E-state index in [-0.39, 0.29) is 5.89 Å². The molecule has 0 unspecified atom stereocenters. The Morgan fingerprint density at radius 2 is 2.03 bits per heavy atom. The van der Waals surface area contributed by atoms with Gasteiger partial charge in [0.25, 0.3) is 5.91 Å². The molecule has 1 aromatic heterocycles. The zero-order valence-electron chi connectivity index (χ0n) is 16.1. The van der Waals surface area contributed by atoms with E-state index in [1.807, 2.05) is 12.1 Å². The quantitative estimate of drug-likeness (QED) is 0.475. The molecule has 1 amide bonds. The molecule has 0 aliphatic heterocycles. The van der Waals surface area contributed by atoms with Gasteiger partial charge in [-0.2, -0.15) is 0 Å². The molecular formula is C21H19ClN2O5. The summed E-state index contributed by atoms with van der Waals surface area (Å²) in [5, 5.41) is 3.19. The molecule has 29 heavy (non-hydrogen) atoms. The lowest BCUT2D eigenvalue weighted by Crippen LogP contribution is -2.29. The SMILES string of the molecule is COc1cc(Cl)c(C)cc1NC(=O)[C@H](C)OC(=O)/C=C/c1nc2ccccc2o1. The number of carbonyl (C=O) groups excluding carboxylic acids is 2. The summed E-state index contributed by atoms with van der Waals surface area (Å²) in [6.07, 6.45) is 1.51. The Kier molecular flexibility index (Phi) is 6.19. The van der Waals surface area contributed by atoms with Gasteiger partial charge in [-0.3, -0.25) is 4.79 Å². The van der Waals surface area contributed by atoms with Gasteiger partial charge in [-0.15, -0.1) is 0 Å². The zero-order valence-corrected chi connectivity index (χ0v) is 16.8. The van der Waals surface area contributed by atoms with Crippen LogP contribution in [0.2, 0.25) is 5.02 Å². The third-order valence-corrected chi connectivity index (χ3v) is 4.48. The third-order valence-electron chi connectivity index (χ3n) is 4.07. The van der Waals surface area contributed by atoms with Gasteiger partial charge in [0.1, 0.15) is 11.3 Å². The Balaban J connectivity index is 1.61. The molecule has 2 aromatic carbocycles. The molecule has 1 heterocycles. The zero-order chi connectivity index (χ0) is 21.0. The number of para-hydroxylation sites is 2. The molecule has 1 atom stereocenters. The Bertz CT molecular complexity index is 1060. The first-order valence-electron chi connectivity index (χ1n) is 8.76. The van der Waals surface area contributed by atoms with Crippen LogP contribution in [0.4, 0.5) is 5.69 Å². The first kappa shape index (κ1) is 20.4. The standard InChI is InChI=1S/C21H19ClN2O5/c1-12-10-16(18(27-3)11-14(12)22)24-21(26)13(2)28-20(25)9-8-19-23-15-6-4-5-7-17(15)29-19/h4-11,13H,1-3H3,(H,24,26)/b9-8+/t13-/m0/s1. The van der Waals surface area contributed by atoms with Gasteiger partial charge in [0.2, 0.25) is 5.89 Å². The number of benzene rings is 2. The second kappa shape index (κ2) is 8.79. The van der Waals surface area contributed by atoms with Crippen molar-refractivity contribution < 1.29 is 23.5 Å². The minimum absolute atomic E-state index is 0.265. The van der Waals surface area contributed by atoms with Crippen molar-refractivity contribution in [3.05, 3.63) is 59.0 Å². The number of hydrogen-bond acceptors (Lipinski definition) is 6. The normalized spacial score (nSPS) is 12.1. The van der Waals surface area contributed by atoms with Crippen molar-refractivity contribution >= 4 is 46.3 Å². The molecule has 150 valence electrons. The Morgan fingerprint density at radius 1 is 1.28 bits per heavy atom. The van der Waals surface area contributed by atoms with Crippen LogP contribution < -0.4 is 10.1 Å². The molecule has 0 saturated carbocycles. The molecule has 0 bridgehead atoms. The van der Waals surface area contributed by atoms with Crippen molar-refractivity contribution in [3.8, 4) is 5.75 Å². The number of methoxy groups -OCH3 is 1. The number of halogens is 1. The molecule has 0 radical (unpaired) electrons. The Morgan fingerprint density at radius 3 is 2.76 bits per heavy atom. The number of nitrogens with one attached hydrogen (secondary N) is 1. The van der Waals surface area contributed by atoms with Gasteiger partial charge < -0.3 is 19.2 Å². The van der Waals surface area contributed by atoms with Gasteiger partial charge in [-0.1, -0.05) is 23.7 Å². The van der Waals surface area contributed by atoms with Crippen LogP contribution >= 0.6 is 11.6 Å². The highest BCUT2D eigenvalue weighted by atomic mass is 35.5. The molecule has 7 nitrogen and oxygen atoms in total. The van der Waals surface area contributed by atoms with Gasteiger partial charge in [-0.25, -0.2) is 9.78 Å². The second-order valence-corrected chi connectivity index (χ2v) is 6.63. The maximum absolute atomic E-state index is 12.4. The average Bonchev–Trinajstić information content (AvgIpc) is 3.12. The molecule has 1 N–H and O–H groups in total. The molecule has 3 rings (SSSR count). The molecule has 8 heteroatoms. The van der Waals surface area contributed by atoms with Crippen molar-refractivity contribution in [2.24, 2.45) is 0 Å². The summed E-state index contributed by atoms with van der Waals surface area (Å²) >= 11 is 6.06. The van der Waals surface area contributed by atoms with Crippen LogP contribution in [0.1, 0.15) is 18.4 Å². The van der Waals surface area contributed by atoms with E-state index in [0.29, 0.717) is 27.6 Å². The summed E-state index contributed by atoms with van der Waals surface area (Å²) in [7, 11) is 1.47. The summed E-state index contributed by atoms with van der Waals surface area (Å²) in [6, 6.07) is 10.5. The molecule has 0 aliphatic rings. The van der Waals surface area contributed by atoms with E-state index in [1.54, 1.807) is 31.2 Å². The van der Waals surface area contributed by atoms with Crippen LogP contribution in [0.15, 0.2) is 46.9 Å². The molecule has 0 saturated heterocycles. The Hall–Kier alpha value is -3.32. The summed E-state index contributed by atoms with van der Waals surface area (Å²) in [6.45, 7) is 3.27. The van der Waals surface area contributed by atoms with E-state index in [1.165, 1.54) is 20.1 Å². The number of hydrogen-bond donors (Lipinski definition) is 1. The van der Waals surface area contributed by atoms with Gasteiger partial charge in [0, 0.05) is 23.2 Å². The largest absolute Gasteiger partial charge is 0.495 e. The molecular weight excluding hydrogens is 396 g/mol. The highest BCUT2D eigenvalue weighted by Crippen LogP contribution is 2.31. The highest BCUT2D eigenvalue weighted by Gasteiger charge is 2.19. The van der Waals surface area contributed by atoms with E-state index >= 15 is 0 Å². The highest BCUT2D eigenvalue weighted by molar-refractivity contribution is 6.31. The van der Waals surface area contributed by atoms with Crippen LogP contribution in [0.25, 0.3) is 17.2 Å². The number of rotatable bonds is 6. The van der Waals surface area contributed by atoms with Crippen LogP contribution in [-0.4, -0.2) is 30.1 Å². The number of anilines is 1. The molecule has 0 fully saturated rings. The van der Waals surface area contributed by atoms with Crippen LogP contribution in [0, 0.1) is 6.92 Å². The number of ether oxygens (including phenoxy) is 2. The third kappa shape index (κ3) is 4.94. The fourth-order valence-electron chi connectivity index (χ4n) is 2.53. The maximum atomic E-state index is 12.4. The number of aromatic nitrogens is 1. The van der Waals surface area contributed by atoms with E-state index in [2.05, 4.69) is 10.3 Å². The van der Waals surface area contributed by atoms with Crippen molar-refractivity contribution in [2.75, 3.05) is 12.4 Å². The van der Waals surface area contributed by atoms with Crippen LogP contribution in [-0.2, 0) is 14.3 Å². The fourth-order valence-corrected chi connectivity index (χ4v) is 2.69. The van der Waals surface area contributed by atoms with Crippen molar-refractivity contribution in [1.29, 1.82) is 0 Å². The van der Waals surface area contributed by atoms with E-state index in [9.17, 15) is 9.59 Å². The number of oxazole rings is 1. The molecule has 3 aromatic rings. The van der Waals surface area contributed by atoms with E-state index in [0.717, 1.165) is 11.6 Å². The van der Waals surface area contributed by atoms with Gasteiger partial charge in [0.15, 0.2) is 11.7 Å². The average molecular weight is 415 g/mol. The number of fused-ring (bicyclic) bond motifs is 1. The van der Waals surface area contributed by atoms with Crippen molar-refractivity contribution in [3.63, 3.8) is 0 Å². The first-order chi connectivity index (χ1) is 13.9. The van der Waals surface area contributed by atoms with Gasteiger partial charge in [0.05, 0.1) is 12.8 Å². The van der Waals surface area contributed by atoms with Crippen LogP contribution in [0.5, 0.6) is 5.75 Å². The predicted molar refractivity (Wildman–Crippen MR) is 110 cm³/mol. The minimum Gasteiger partial charge on any atom is -0.495 e. The summed E-state index contributed by atoms with van der Waals surface area (Å²) in [4.78, 5) is 28.6. The van der Waals surface area contributed by atoms with Crippen molar-refractivity contribution in [2.45, 2.75) is 20.0 Å². The lowest BCUT2D eigenvalue weighted by atomic mass is 10.2. The number of aryl methyl sites for hydroxylation is 1. The number of carbonyl (C=O) groups is 2.